The van der Waals surface area contributed by atoms with Crippen molar-refractivity contribution in [2.45, 2.75) is 26.5 Å². The van der Waals surface area contributed by atoms with E-state index in [0.29, 0.717) is 0 Å². The number of imidazole rings is 1. The van der Waals surface area contributed by atoms with Crippen LogP contribution < -0.4 is 4.74 Å². The number of fused-ring (bicyclic) bond motifs is 1. The average molecular weight is 269 g/mol. The number of benzene rings is 1. The summed E-state index contributed by atoms with van der Waals surface area (Å²) >= 11 is 0. The van der Waals surface area contributed by atoms with E-state index in [1.807, 2.05) is 50.0 Å². The smallest absolute Gasteiger partial charge is 0.129 e. The minimum Gasteiger partial charge on any atom is -0.490 e. The molecule has 4 heteroatoms. The fraction of sp³-hybridized carbons (Fsp3) is 0.312. The number of hydrogen-bond acceptors (Lipinski definition) is 2. The fourth-order valence-corrected chi connectivity index (χ4v) is 2.39. The minimum absolute atomic E-state index is 0.179. The summed E-state index contributed by atoms with van der Waals surface area (Å²) in [4.78, 5) is 4.38. The molecule has 0 aliphatic heterocycles. The van der Waals surface area contributed by atoms with Gasteiger partial charge in [-0.15, -0.1) is 0 Å². The molecule has 0 amide bonds. The van der Waals surface area contributed by atoms with Crippen molar-refractivity contribution in [1.29, 1.82) is 0 Å². The largest absolute Gasteiger partial charge is 0.490 e. The van der Waals surface area contributed by atoms with Crippen LogP contribution in [0.2, 0.25) is 0 Å². The summed E-state index contributed by atoms with van der Waals surface area (Å²) in [6.07, 6.45) is 6.06. The van der Waals surface area contributed by atoms with E-state index in [0.717, 1.165) is 23.5 Å². The molecule has 0 aliphatic rings. The fourth-order valence-electron chi connectivity index (χ4n) is 2.39. The van der Waals surface area contributed by atoms with E-state index in [2.05, 4.69) is 27.9 Å². The molecule has 0 saturated heterocycles. The molecule has 0 N–H and O–H groups in total. The molecule has 20 heavy (non-hydrogen) atoms. The first-order chi connectivity index (χ1) is 9.65. The number of nitrogens with zero attached hydrogens (tertiary/aromatic N) is 3. The highest BCUT2D eigenvalue weighted by Gasteiger charge is 2.09. The molecular weight excluding hydrogens is 250 g/mol. The van der Waals surface area contributed by atoms with Crippen LogP contribution in [0.4, 0.5) is 0 Å². The Morgan fingerprint density at radius 1 is 1.20 bits per heavy atom. The van der Waals surface area contributed by atoms with Gasteiger partial charge in [0.2, 0.25) is 0 Å². The molecular formula is C16H19N3O. The molecule has 2 aromatic heterocycles. The molecule has 0 unspecified atom stereocenters. The number of aryl methyl sites for hydroxylation is 1. The zero-order valence-electron chi connectivity index (χ0n) is 12.1. The van der Waals surface area contributed by atoms with Crippen molar-refractivity contribution in [3.8, 4) is 5.75 Å². The molecule has 0 atom stereocenters. The molecule has 0 radical (unpaired) electrons. The van der Waals surface area contributed by atoms with Crippen molar-refractivity contribution >= 4 is 10.9 Å². The van der Waals surface area contributed by atoms with E-state index in [1.165, 1.54) is 5.52 Å². The van der Waals surface area contributed by atoms with Gasteiger partial charge in [0.25, 0.3) is 0 Å². The van der Waals surface area contributed by atoms with Crippen molar-refractivity contribution in [2.75, 3.05) is 0 Å². The molecule has 3 aromatic rings. The lowest BCUT2D eigenvalue weighted by Crippen LogP contribution is -2.06. The maximum absolute atomic E-state index is 5.87. The first kappa shape index (κ1) is 12.8. The van der Waals surface area contributed by atoms with Crippen LogP contribution in [-0.2, 0) is 13.6 Å². The van der Waals surface area contributed by atoms with Crippen LogP contribution in [0.25, 0.3) is 10.9 Å². The first-order valence-electron chi connectivity index (χ1n) is 6.86. The summed E-state index contributed by atoms with van der Waals surface area (Å²) in [5.74, 6) is 1.98. The minimum atomic E-state index is 0.179. The van der Waals surface area contributed by atoms with Crippen LogP contribution in [0.15, 0.2) is 42.9 Å². The Bertz CT molecular complexity index is 724. The summed E-state index contributed by atoms with van der Waals surface area (Å²) < 4.78 is 10.1. The van der Waals surface area contributed by atoms with Gasteiger partial charge in [0.15, 0.2) is 0 Å². The molecule has 0 aliphatic carbocycles. The molecule has 104 valence electrons. The van der Waals surface area contributed by atoms with Crippen LogP contribution in [0.1, 0.15) is 19.7 Å². The Kier molecular flexibility index (Phi) is 3.22. The third-order valence-corrected chi connectivity index (χ3v) is 3.37. The molecule has 3 rings (SSSR count). The van der Waals surface area contributed by atoms with Gasteiger partial charge >= 0.3 is 0 Å². The summed E-state index contributed by atoms with van der Waals surface area (Å²) in [5.41, 5.74) is 1.17. The van der Waals surface area contributed by atoms with Crippen LogP contribution in [0.3, 0.4) is 0 Å². The van der Waals surface area contributed by atoms with E-state index in [4.69, 9.17) is 4.74 Å². The van der Waals surface area contributed by atoms with Gasteiger partial charge < -0.3 is 13.9 Å². The Labute approximate surface area is 118 Å². The van der Waals surface area contributed by atoms with Crippen molar-refractivity contribution < 1.29 is 4.74 Å². The Hall–Kier alpha value is -2.23. The predicted octanol–water partition coefficient (Wildman–Crippen LogP) is 3.21. The Balaban J connectivity index is 1.99. The van der Waals surface area contributed by atoms with Gasteiger partial charge in [-0.3, -0.25) is 0 Å². The highest BCUT2D eigenvalue weighted by atomic mass is 16.5. The second-order valence-corrected chi connectivity index (χ2v) is 5.25. The standard InChI is InChI=1S/C16H19N3O/c1-12(2)20-15-6-4-5-14-13(15)7-9-19(14)11-16-17-8-10-18(16)3/h4-10,12H,11H2,1-3H3. The summed E-state index contributed by atoms with van der Waals surface area (Å²) in [6, 6.07) is 8.28. The van der Waals surface area contributed by atoms with Gasteiger partial charge in [-0.1, -0.05) is 6.07 Å². The van der Waals surface area contributed by atoms with Gasteiger partial charge in [-0.25, -0.2) is 4.98 Å². The molecule has 0 bridgehead atoms. The molecule has 4 nitrogen and oxygen atoms in total. The maximum Gasteiger partial charge on any atom is 0.129 e. The summed E-state index contributed by atoms with van der Waals surface area (Å²) in [6.45, 7) is 4.85. The van der Waals surface area contributed by atoms with E-state index >= 15 is 0 Å². The van der Waals surface area contributed by atoms with Crippen LogP contribution in [-0.4, -0.2) is 20.2 Å². The van der Waals surface area contributed by atoms with Crippen LogP contribution >= 0.6 is 0 Å². The summed E-state index contributed by atoms with van der Waals surface area (Å²) in [7, 11) is 2.02. The van der Waals surface area contributed by atoms with Crippen molar-refractivity contribution in [3.05, 3.63) is 48.7 Å². The zero-order valence-corrected chi connectivity index (χ0v) is 12.1. The highest BCUT2D eigenvalue weighted by molar-refractivity contribution is 5.86. The lowest BCUT2D eigenvalue weighted by molar-refractivity contribution is 0.245. The van der Waals surface area contributed by atoms with Crippen LogP contribution in [0, 0.1) is 0 Å². The number of aromatic nitrogens is 3. The van der Waals surface area contributed by atoms with E-state index in [-0.39, 0.29) is 6.10 Å². The van der Waals surface area contributed by atoms with E-state index in [9.17, 15) is 0 Å². The second kappa shape index (κ2) is 5.04. The summed E-state index contributed by atoms with van der Waals surface area (Å²) in [5, 5.41) is 1.15. The number of rotatable bonds is 4. The molecule has 0 spiro atoms. The zero-order chi connectivity index (χ0) is 14.1. The SMILES string of the molecule is CC(C)Oc1cccc2c1ccn2Cc1nccn1C. The van der Waals surface area contributed by atoms with Gasteiger partial charge in [0.1, 0.15) is 11.6 Å². The quantitative estimate of drug-likeness (QED) is 0.728. The van der Waals surface area contributed by atoms with Gasteiger partial charge in [-0.05, 0) is 32.0 Å². The van der Waals surface area contributed by atoms with E-state index < -0.39 is 0 Å². The first-order valence-corrected chi connectivity index (χ1v) is 6.86. The topological polar surface area (TPSA) is 32.0 Å². The van der Waals surface area contributed by atoms with Gasteiger partial charge in [-0.2, -0.15) is 0 Å². The van der Waals surface area contributed by atoms with E-state index in [1.54, 1.807) is 0 Å². The Morgan fingerprint density at radius 2 is 2.05 bits per heavy atom. The number of ether oxygens (including phenoxy) is 1. The van der Waals surface area contributed by atoms with Gasteiger partial charge in [0.05, 0.1) is 18.2 Å². The number of hydrogen-bond donors (Lipinski definition) is 0. The van der Waals surface area contributed by atoms with Crippen molar-refractivity contribution in [2.24, 2.45) is 7.05 Å². The van der Waals surface area contributed by atoms with Gasteiger partial charge in [0, 0.05) is 31.0 Å². The molecule has 1 aromatic carbocycles. The van der Waals surface area contributed by atoms with Crippen LogP contribution in [0.5, 0.6) is 5.75 Å². The highest BCUT2D eigenvalue weighted by Crippen LogP contribution is 2.27. The lowest BCUT2D eigenvalue weighted by Gasteiger charge is -2.11. The van der Waals surface area contributed by atoms with Crippen molar-refractivity contribution in [3.63, 3.8) is 0 Å². The lowest BCUT2D eigenvalue weighted by atomic mass is 10.2. The predicted molar refractivity (Wildman–Crippen MR) is 80.0 cm³/mol. The third kappa shape index (κ3) is 2.29. The maximum atomic E-state index is 5.87. The second-order valence-electron chi connectivity index (χ2n) is 5.25. The molecule has 2 heterocycles. The molecule has 0 saturated carbocycles. The third-order valence-electron chi connectivity index (χ3n) is 3.37. The normalized spacial score (nSPS) is 11.4. The molecule has 0 fully saturated rings. The average Bonchev–Trinajstić information content (AvgIpc) is 2.98. The van der Waals surface area contributed by atoms with Crippen molar-refractivity contribution in [1.82, 2.24) is 14.1 Å². The monoisotopic (exact) mass is 269 g/mol. The Morgan fingerprint density at radius 3 is 2.75 bits per heavy atom.